The number of rotatable bonds is 3. The summed E-state index contributed by atoms with van der Waals surface area (Å²) >= 11 is 0. The molecule has 1 saturated heterocycles. The maximum atomic E-state index is 15.3. The van der Waals surface area contributed by atoms with Crippen LogP contribution in [0.15, 0.2) is 60.7 Å². The van der Waals surface area contributed by atoms with E-state index in [1.165, 1.54) is 7.11 Å². The van der Waals surface area contributed by atoms with Gasteiger partial charge in [0.1, 0.15) is 12.2 Å². The summed E-state index contributed by atoms with van der Waals surface area (Å²) in [5.41, 5.74) is -0.0375. The first kappa shape index (κ1) is 16.9. The van der Waals surface area contributed by atoms with Crippen molar-refractivity contribution in [1.82, 2.24) is 0 Å². The summed E-state index contributed by atoms with van der Waals surface area (Å²) in [5.74, 6) is -2.91. The highest BCUT2D eigenvalue weighted by Crippen LogP contribution is 2.72. The van der Waals surface area contributed by atoms with Crippen LogP contribution in [0, 0.1) is 11.8 Å². The van der Waals surface area contributed by atoms with Crippen molar-refractivity contribution in [1.29, 1.82) is 0 Å². The number of hydrogen-bond acceptors (Lipinski definition) is 4. The largest absolute Gasteiger partial charge is 0.467 e. The number of benzene rings is 2. The van der Waals surface area contributed by atoms with Crippen LogP contribution < -0.4 is 0 Å². The van der Waals surface area contributed by atoms with Crippen molar-refractivity contribution in [2.75, 3.05) is 7.11 Å². The Hall–Kier alpha value is -2.24. The Balaban J connectivity index is 1.53. The minimum atomic E-state index is -2.00. The molecule has 0 N–H and O–H groups in total. The normalized spacial score (nSPS) is 35.8. The van der Waals surface area contributed by atoms with Gasteiger partial charge in [0.05, 0.1) is 13.0 Å². The average Bonchev–Trinajstić information content (AvgIpc) is 3.03. The van der Waals surface area contributed by atoms with Crippen molar-refractivity contribution in [3.63, 3.8) is 0 Å². The Morgan fingerprint density at radius 2 is 1.52 bits per heavy atom. The number of hydrogen-bond donors (Lipinski definition) is 0. The zero-order valence-electron chi connectivity index (χ0n) is 15.0. The predicted octanol–water partition coefficient (Wildman–Crippen LogP) is 4.13. The van der Waals surface area contributed by atoms with E-state index in [9.17, 15) is 4.79 Å². The molecular formula is C22H21FO4. The van der Waals surface area contributed by atoms with Gasteiger partial charge in [-0.25, -0.2) is 9.18 Å². The van der Waals surface area contributed by atoms with Crippen molar-refractivity contribution in [3.8, 4) is 0 Å². The summed E-state index contributed by atoms with van der Waals surface area (Å²) in [6, 6.07) is 19.7. The van der Waals surface area contributed by atoms with Gasteiger partial charge >= 0.3 is 5.97 Å². The molecule has 5 heteroatoms. The van der Waals surface area contributed by atoms with E-state index in [1.807, 2.05) is 60.7 Å². The van der Waals surface area contributed by atoms with Crippen molar-refractivity contribution < 1.29 is 23.4 Å². The third kappa shape index (κ3) is 2.31. The van der Waals surface area contributed by atoms with Crippen molar-refractivity contribution in [2.45, 2.75) is 36.5 Å². The summed E-state index contributed by atoms with van der Waals surface area (Å²) in [5, 5.41) is 0. The van der Waals surface area contributed by atoms with Crippen LogP contribution in [0.3, 0.4) is 0 Å². The molecule has 0 radical (unpaired) electrons. The third-order valence-electron chi connectivity index (χ3n) is 6.25. The molecule has 3 fully saturated rings. The molecule has 5 rings (SSSR count). The van der Waals surface area contributed by atoms with Crippen LogP contribution in [0.1, 0.15) is 36.2 Å². The maximum absolute atomic E-state index is 15.3. The monoisotopic (exact) mass is 368 g/mol. The molecule has 0 amide bonds. The predicted molar refractivity (Wildman–Crippen MR) is 95.3 cm³/mol. The van der Waals surface area contributed by atoms with Crippen LogP contribution in [0.5, 0.6) is 0 Å². The van der Waals surface area contributed by atoms with Crippen molar-refractivity contribution >= 4 is 5.97 Å². The molecule has 1 spiro atoms. The zero-order chi connectivity index (χ0) is 18.6. The van der Waals surface area contributed by atoms with Crippen LogP contribution in [0.4, 0.5) is 4.39 Å². The quantitative estimate of drug-likeness (QED) is 0.764. The second-order valence-electron chi connectivity index (χ2n) is 7.59. The Morgan fingerprint density at radius 1 is 1.00 bits per heavy atom. The van der Waals surface area contributed by atoms with E-state index in [0.29, 0.717) is 12.8 Å². The molecule has 3 aliphatic rings. The fraction of sp³-hybridized carbons (Fsp3) is 0.409. The van der Waals surface area contributed by atoms with Gasteiger partial charge in [-0.1, -0.05) is 60.7 Å². The molecule has 0 bridgehead atoms. The van der Waals surface area contributed by atoms with E-state index in [1.54, 1.807) is 0 Å². The Kier molecular flexibility index (Phi) is 3.68. The lowest BCUT2D eigenvalue weighted by Crippen LogP contribution is -2.38. The summed E-state index contributed by atoms with van der Waals surface area (Å²) in [6.45, 7) is 0. The fourth-order valence-corrected chi connectivity index (χ4v) is 4.99. The molecular weight excluding hydrogens is 347 g/mol. The second-order valence-corrected chi connectivity index (χ2v) is 7.59. The lowest BCUT2D eigenvalue weighted by atomic mass is 9.99. The smallest absolute Gasteiger partial charge is 0.344 e. The third-order valence-corrected chi connectivity index (χ3v) is 6.25. The van der Waals surface area contributed by atoms with Crippen LogP contribution >= 0.6 is 0 Å². The van der Waals surface area contributed by atoms with Gasteiger partial charge in [-0.05, 0) is 17.5 Å². The standard InChI is InChI=1S/C22H21FO4/c1-25-20(24)22(23)16-12-13-21(19(16)22)26-17(14-8-4-2-5-9-14)18(27-21)15-10-6-3-7-11-15/h2-11,16-19H,12-13H2,1H3/t16-,17-,18-,19-,22-/m0/s1. The van der Waals surface area contributed by atoms with Gasteiger partial charge in [0.25, 0.3) is 0 Å². The van der Waals surface area contributed by atoms with Gasteiger partial charge in [-0.15, -0.1) is 0 Å². The van der Waals surface area contributed by atoms with E-state index in [0.717, 1.165) is 11.1 Å². The number of carbonyl (C=O) groups excluding carboxylic acids is 1. The molecule has 0 unspecified atom stereocenters. The summed E-state index contributed by atoms with van der Waals surface area (Å²) in [4.78, 5) is 12.0. The fourth-order valence-electron chi connectivity index (χ4n) is 4.99. The summed E-state index contributed by atoms with van der Waals surface area (Å²) < 4.78 is 32.9. The van der Waals surface area contributed by atoms with E-state index in [2.05, 4.69) is 0 Å². The number of ether oxygens (including phenoxy) is 3. The molecule has 2 aromatic rings. The molecule has 2 aromatic carbocycles. The van der Waals surface area contributed by atoms with Gasteiger partial charge in [-0.3, -0.25) is 0 Å². The highest BCUT2D eigenvalue weighted by Gasteiger charge is 2.84. The molecule has 0 aromatic heterocycles. The Labute approximate surface area is 157 Å². The van der Waals surface area contributed by atoms with Gasteiger partial charge < -0.3 is 14.2 Å². The first-order valence-electron chi connectivity index (χ1n) is 9.33. The molecule has 140 valence electrons. The van der Waals surface area contributed by atoms with Gasteiger partial charge in [-0.2, -0.15) is 0 Å². The highest BCUT2D eigenvalue weighted by molar-refractivity contribution is 5.85. The van der Waals surface area contributed by atoms with E-state index >= 15 is 4.39 Å². The Bertz CT molecular complexity index is 808. The number of methoxy groups -OCH3 is 1. The number of esters is 1. The first-order valence-corrected chi connectivity index (χ1v) is 9.33. The maximum Gasteiger partial charge on any atom is 0.344 e. The van der Waals surface area contributed by atoms with Gasteiger partial charge in [0.15, 0.2) is 5.79 Å². The lowest BCUT2D eigenvalue weighted by Gasteiger charge is -2.27. The average molecular weight is 368 g/mol. The number of alkyl halides is 1. The molecule has 1 heterocycles. The van der Waals surface area contributed by atoms with E-state index in [4.69, 9.17) is 14.2 Å². The van der Waals surface area contributed by atoms with Crippen molar-refractivity contribution in [2.24, 2.45) is 11.8 Å². The Morgan fingerprint density at radius 3 is 2.00 bits per heavy atom. The molecule has 5 atom stereocenters. The molecule has 2 aliphatic carbocycles. The first-order chi connectivity index (χ1) is 13.1. The molecule has 4 nitrogen and oxygen atoms in total. The minimum absolute atomic E-state index is 0.352. The topological polar surface area (TPSA) is 44.8 Å². The zero-order valence-corrected chi connectivity index (χ0v) is 15.0. The highest BCUT2D eigenvalue weighted by atomic mass is 19.1. The molecule has 27 heavy (non-hydrogen) atoms. The molecule has 1 aliphatic heterocycles. The van der Waals surface area contributed by atoms with Gasteiger partial charge in [0.2, 0.25) is 5.67 Å². The lowest BCUT2D eigenvalue weighted by molar-refractivity contribution is -0.200. The van der Waals surface area contributed by atoms with Crippen molar-refractivity contribution in [3.05, 3.63) is 71.8 Å². The van der Waals surface area contributed by atoms with Crippen LogP contribution in [-0.4, -0.2) is 24.5 Å². The van der Waals surface area contributed by atoms with Crippen LogP contribution in [-0.2, 0) is 19.0 Å². The van der Waals surface area contributed by atoms with Crippen LogP contribution in [0.25, 0.3) is 0 Å². The minimum Gasteiger partial charge on any atom is -0.467 e. The second kappa shape index (κ2) is 5.88. The van der Waals surface area contributed by atoms with Gasteiger partial charge in [0, 0.05) is 12.3 Å². The molecule has 2 saturated carbocycles. The SMILES string of the molecule is COC(=O)[C@]1(F)[C@H]2CCC3(O[C@@H](c4ccccc4)[C@H](c4ccccc4)O3)[C@H]21. The number of fused-ring (bicyclic) bond motifs is 2. The summed E-state index contributed by atoms with van der Waals surface area (Å²) in [6.07, 6.45) is 0.432. The van der Waals surface area contributed by atoms with E-state index in [-0.39, 0.29) is 12.2 Å². The number of carbonyl (C=O) groups is 1. The number of halogens is 1. The van der Waals surface area contributed by atoms with Crippen LogP contribution in [0.2, 0.25) is 0 Å². The van der Waals surface area contributed by atoms with E-state index < -0.39 is 29.3 Å². The summed E-state index contributed by atoms with van der Waals surface area (Å²) in [7, 11) is 1.22.